The lowest BCUT2D eigenvalue weighted by Crippen LogP contribution is -2.54. The molecule has 1 unspecified atom stereocenters. The zero-order valence-corrected chi connectivity index (χ0v) is 28.1. The SMILES string of the molecule is CCOc1ccccc1N(CC(=O)N(Cc1ccccc1Cl)C(Cc1ccccc1)C(=O)NC(C)C)S(=O)(=O)c1ccc(C)cc1. The molecule has 4 aromatic carbocycles. The van der Waals surface area contributed by atoms with Gasteiger partial charge in [-0.1, -0.05) is 90.0 Å². The van der Waals surface area contributed by atoms with Crippen molar-refractivity contribution < 1.29 is 22.7 Å². The summed E-state index contributed by atoms with van der Waals surface area (Å²) in [6, 6.07) is 28.5. The van der Waals surface area contributed by atoms with Crippen LogP contribution < -0.4 is 14.4 Å². The first-order chi connectivity index (χ1) is 22.0. The number of nitrogens with zero attached hydrogens (tertiary/aromatic N) is 2. The fraction of sp³-hybridized carbons (Fsp3) is 0.278. The van der Waals surface area contributed by atoms with E-state index in [-0.39, 0.29) is 42.1 Å². The highest BCUT2D eigenvalue weighted by molar-refractivity contribution is 7.92. The lowest BCUT2D eigenvalue weighted by atomic mass is 10.0. The molecule has 4 rings (SSSR count). The standard InChI is InChI=1S/C36H40ClN3O5S/c1-5-45-34-18-12-11-17-32(34)40(46(43,44)30-21-19-27(4)20-22-30)25-35(41)39(24-29-15-9-10-16-31(29)37)33(36(42)38-26(2)3)23-28-13-7-6-8-14-28/h6-22,26,33H,5,23-25H2,1-4H3,(H,38,42). The summed E-state index contributed by atoms with van der Waals surface area (Å²) >= 11 is 6.56. The maximum absolute atomic E-state index is 14.6. The molecule has 0 heterocycles. The van der Waals surface area contributed by atoms with E-state index in [1.54, 1.807) is 67.6 Å². The number of amides is 2. The van der Waals surface area contributed by atoms with Crippen LogP contribution in [-0.4, -0.2) is 50.4 Å². The quantitative estimate of drug-likeness (QED) is 0.169. The zero-order valence-electron chi connectivity index (χ0n) is 26.5. The minimum absolute atomic E-state index is 0.0208. The number of para-hydroxylation sites is 2. The molecule has 0 radical (unpaired) electrons. The molecular formula is C36H40ClN3O5S. The number of aryl methyl sites for hydroxylation is 1. The summed E-state index contributed by atoms with van der Waals surface area (Å²) in [6.45, 7) is 7.03. The second-order valence-corrected chi connectivity index (χ2v) is 13.5. The predicted octanol–water partition coefficient (Wildman–Crippen LogP) is 6.41. The number of hydrogen-bond acceptors (Lipinski definition) is 5. The summed E-state index contributed by atoms with van der Waals surface area (Å²) < 4.78 is 35.5. The van der Waals surface area contributed by atoms with E-state index in [9.17, 15) is 18.0 Å². The average molecular weight is 662 g/mol. The number of nitrogens with one attached hydrogen (secondary N) is 1. The van der Waals surface area contributed by atoms with Crippen LogP contribution in [0.15, 0.2) is 108 Å². The van der Waals surface area contributed by atoms with Crippen LogP contribution >= 0.6 is 11.6 Å². The number of halogens is 1. The van der Waals surface area contributed by atoms with Crippen LogP contribution in [0.2, 0.25) is 5.02 Å². The normalized spacial score (nSPS) is 12.0. The third kappa shape index (κ3) is 8.68. The van der Waals surface area contributed by atoms with Crippen LogP contribution in [0.25, 0.3) is 0 Å². The molecule has 0 aliphatic rings. The third-order valence-corrected chi connectivity index (χ3v) is 9.46. The number of anilines is 1. The van der Waals surface area contributed by atoms with Crippen molar-refractivity contribution in [3.8, 4) is 5.75 Å². The van der Waals surface area contributed by atoms with Gasteiger partial charge in [0.2, 0.25) is 11.8 Å². The van der Waals surface area contributed by atoms with Gasteiger partial charge in [0.05, 0.1) is 17.2 Å². The summed E-state index contributed by atoms with van der Waals surface area (Å²) in [4.78, 5) is 29.9. The van der Waals surface area contributed by atoms with E-state index >= 15 is 0 Å². The molecule has 1 N–H and O–H groups in total. The van der Waals surface area contributed by atoms with E-state index in [1.807, 2.05) is 51.1 Å². The van der Waals surface area contributed by atoms with E-state index in [4.69, 9.17) is 16.3 Å². The minimum Gasteiger partial charge on any atom is -0.492 e. The van der Waals surface area contributed by atoms with Gasteiger partial charge in [0, 0.05) is 24.0 Å². The number of sulfonamides is 1. The highest BCUT2D eigenvalue weighted by Gasteiger charge is 2.36. The largest absolute Gasteiger partial charge is 0.492 e. The molecule has 8 nitrogen and oxygen atoms in total. The Morgan fingerprint density at radius 1 is 0.870 bits per heavy atom. The topological polar surface area (TPSA) is 96.0 Å². The molecule has 10 heteroatoms. The van der Waals surface area contributed by atoms with Crippen molar-refractivity contribution in [2.24, 2.45) is 0 Å². The average Bonchev–Trinajstić information content (AvgIpc) is 3.03. The fourth-order valence-electron chi connectivity index (χ4n) is 5.04. The van der Waals surface area contributed by atoms with Gasteiger partial charge in [-0.05, 0) is 69.2 Å². The number of carbonyl (C=O) groups is 2. The fourth-order valence-corrected chi connectivity index (χ4v) is 6.66. The van der Waals surface area contributed by atoms with Gasteiger partial charge in [-0.25, -0.2) is 8.42 Å². The number of ether oxygens (including phenoxy) is 1. The van der Waals surface area contributed by atoms with Crippen LogP contribution in [0.4, 0.5) is 5.69 Å². The summed E-state index contributed by atoms with van der Waals surface area (Å²) in [6.07, 6.45) is 0.204. The minimum atomic E-state index is -4.27. The molecule has 2 amide bonds. The molecule has 0 spiro atoms. The lowest BCUT2D eigenvalue weighted by Gasteiger charge is -2.34. The van der Waals surface area contributed by atoms with E-state index < -0.39 is 28.5 Å². The van der Waals surface area contributed by atoms with Gasteiger partial charge < -0.3 is 15.0 Å². The van der Waals surface area contributed by atoms with Crippen molar-refractivity contribution >= 4 is 39.1 Å². The number of benzene rings is 4. The van der Waals surface area contributed by atoms with Crippen LogP contribution in [0.3, 0.4) is 0 Å². The van der Waals surface area contributed by atoms with Gasteiger partial charge in [-0.15, -0.1) is 0 Å². The first-order valence-electron chi connectivity index (χ1n) is 15.2. The van der Waals surface area contributed by atoms with E-state index in [2.05, 4.69) is 5.32 Å². The molecule has 1 atom stereocenters. The predicted molar refractivity (Wildman–Crippen MR) is 183 cm³/mol. The summed E-state index contributed by atoms with van der Waals surface area (Å²) in [5, 5.41) is 3.38. The van der Waals surface area contributed by atoms with Crippen molar-refractivity contribution in [1.82, 2.24) is 10.2 Å². The molecule has 242 valence electrons. The molecule has 0 fully saturated rings. The molecule has 0 aliphatic heterocycles. The van der Waals surface area contributed by atoms with Crippen LogP contribution in [0.5, 0.6) is 5.75 Å². The highest BCUT2D eigenvalue weighted by Crippen LogP contribution is 2.33. The second kappa shape index (κ2) is 15.8. The van der Waals surface area contributed by atoms with Crippen LogP contribution in [0, 0.1) is 6.92 Å². The Morgan fingerprint density at radius 3 is 2.15 bits per heavy atom. The first kappa shape index (κ1) is 34.5. The van der Waals surface area contributed by atoms with Gasteiger partial charge in [0.25, 0.3) is 10.0 Å². The zero-order chi connectivity index (χ0) is 33.3. The Balaban J connectivity index is 1.85. The summed E-state index contributed by atoms with van der Waals surface area (Å²) in [7, 11) is -4.27. The molecule has 0 bridgehead atoms. The molecule has 46 heavy (non-hydrogen) atoms. The van der Waals surface area contributed by atoms with Crippen LogP contribution in [-0.2, 0) is 32.6 Å². The van der Waals surface area contributed by atoms with E-state index in [0.29, 0.717) is 16.3 Å². The van der Waals surface area contributed by atoms with Crippen molar-refractivity contribution in [3.05, 3.63) is 125 Å². The lowest BCUT2D eigenvalue weighted by molar-refractivity contribution is -0.140. The first-order valence-corrected chi connectivity index (χ1v) is 17.0. The van der Waals surface area contributed by atoms with Crippen molar-refractivity contribution in [1.29, 1.82) is 0 Å². The van der Waals surface area contributed by atoms with E-state index in [0.717, 1.165) is 15.4 Å². The number of hydrogen-bond donors (Lipinski definition) is 1. The van der Waals surface area contributed by atoms with Gasteiger partial charge in [0.1, 0.15) is 18.3 Å². The van der Waals surface area contributed by atoms with Gasteiger partial charge in [-0.2, -0.15) is 0 Å². The van der Waals surface area contributed by atoms with Gasteiger partial charge >= 0.3 is 0 Å². The molecule has 0 aromatic heterocycles. The second-order valence-electron chi connectivity index (χ2n) is 11.2. The number of carbonyl (C=O) groups excluding carboxylic acids is 2. The maximum Gasteiger partial charge on any atom is 0.264 e. The number of rotatable bonds is 14. The monoisotopic (exact) mass is 661 g/mol. The van der Waals surface area contributed by atoms with Crippen LogP contribution in [0.1, 0.15) is 37.5 Å². The Labute approximate surface area is 277 Å². The van der Waals surface area contributed by atoms with Crippen molar-refractivity contribution in [3.63, 3.8) is 0 Å². The Hall–Kier alpha value is -4.34. The molecule has 4 aromatic rings. The molecule has 0 saturated heterocycles. The Kier molecular flexibility index (Phi) is 11.8. The van der Waals surface area contributed by atoms with Crippen molar-refractivity contribution in [2.45, 2.75) is 57.6 Å². The van der Waals surface area contributed by atoms with Gasteiger partial charge in [-0.3, -0.25) is 13.9 Å². The van der Waals surface area contributed by atoms with Crippen molar-refractivity contribution in [2.75, 3.05) is 17.5 Å². The Bertz CT molecular complexity index is 1730. The molecule has 0 aliphatic carbocycles. The smallest absolute Gasteiger partial charge is 0.264 e. The highest BCUT2D eigenvalue weighted by atomic mass is 35.5. The van der Waals surface area contributed by atoms with E-state index in [1.165, 1.54) is 17.0 Å². The molecular weight excluding hydrogens is 622 g/mol. The summed E-state index contributed by atoms with van der Waals surface area (Å²) in [5.74, 6) is -0.631. The Morgan fingerprint density at radius 2 is 1.50 bits per heavy atom. The molecule has 0 saturated carbocycles. The summed E-state index contributed by atoms with van der Waals surface area (Å²) in [5.41, 5.74) is 2.56. The maximum atomic E-state index is 14.6. The van der Waals surface area contributed by atoms with Gasteiger partial charge in [0.15, 0.2) is 0 Å². The third-order valence-electron chi connectivity index (χ3n) is 7.32.